The van der Waals surface area contributed by atoms with Crippen molar-refractivity contribution in [3.8, 4) is 0 Å². The van der Waals surface area contributed by atoms with Gasteiger partial charge in [0.1, 0.15) is 0 Å². The van der Waals surface area contributed by atoms with Crippen LogP contribution in [-0.2, 0) is 9.59 Å². The number of aliphatic hydroxyl groups is 1. The van der Waals surface area contributed by atoms with E-state index in [2.05, 4.69) is 12.2 Å². The first kappa shape index (κ1) is 19.9. The molecule has 0 aliphatic rings. The number of aliphatic carboxylic acids is 1. The van der Waals surface area contributed by atoms with Gasteiger partial charge in [-0.1, -0.05) is 33.6 Å². The van der Waals surface area contributed by atoms with Crippen LogP contribution in [0.1, 0.15) is 73.1 Å². The first-order valence-electron chi connectivity index (χ1n) is 7.75. The summed E-state index contributed by atoms with van der Waals surface area (Å²) in [5.41, 5.74) is -1.90. The predicted octanol–water partition coefficient (Wildman–Crippen LogP) is 2.71. The van der Waals surface area contributed by atoms with E-state index >= 15 is 0 Å². The van der Waals surface area contributed by atoms with Crippen LogP contribution < -0.4 is 5.32 Å². The van der Waals surface area contributed by atoms with Crippen LogP contribution in [0.3, 0.4) is 0 Å². The third-order valence-corrected chi connectivity index (χ3v) is 3.80. The summed E-state index contributed by atoms with van der Waals surface area (Å²) in [4.78, 5) is 22.9. The number of carboxylic acids is 1. The summed E-state index contributed by atoms with van der Waals surface area (Å²) in [6.45, 7) is 9.25. The summed E-state index contributed by atoms with van der Waals surface area (Å²) in [5, 5.41) is 21.8. The number of carbonyl (C=O) groups excluding carboxylic acids is 1. The Balaban J connectivity index is 4.40. The molecule has 3 N–H and O–H groups in total. The topological polar surface area (TPSA) is 86.6 Å². The second-order valence-electron chi connectivity index (χ2n) is 6.97. The van der Waals surface area contributed by atoms with Gasteiger partial charge in [-0.25, -0.2) is 0 Å². The summed E-state index contributed by atoms with van der Waals surface area (Å²) in [6.07, 6.45) is 3.55. The zero-order valence-electron chi connectivity index (χ0n) is 14.0. The highest BCUT2D eigenvalue weighted by molar-refractivity contribution is 5.82. The van der Waals surface area contributed by atoms with Crippen molar-refractivity contribution in [2.45, 2.75) is 84.8 Å². The third-order valence-electron chi connectivity index (χ3n) is 3.80. The lowest BCUT2D eigenvalue weighted by atomic mass is 9.81. The number of carbonyl (C=O) groups is 2. The Kier molecular flexibility index (Phi) is 7.93. The highest BCUT2D eigenvalue weighted by atomic mass is 16.4. The van der Waals surface area contributed by atoms with Crippen molar-refractivity contribution in [2.75, 3.05) is 0 Å². The second-order valence-corrected chi connectivity index (χ2v) is 6.97. The fourth-order valence-corrected chi connectivity index (χ4v) is 2.11. The van der Waals surface area contributed by atoms with Crippen molar-refractivity contribution in [2.24, 2.45) is 5.41 Å². The molecule has 1 amide bonds. The third kappa shape index (κ3) is 8.71. The van der Waals surface area contributed by atoms with E-state index in [0.717, 1.165) is 19.3 Å². The van der Waals surface area contributed by atoms with Gasteiger partial charge >= 0.3 is 5.97 Å². The van der Waals surface area contributed by atoms with Gasteiger partial charge in [-0.15, -0.1) is 0 Å². The molecule has 0 heterocycles. The summed E-state index contributed by atoms with van der Waals surface area (Å²) < 4.78 is 0. The molecule has 124 valence electrons. The highest BCUT2D eigenvalue weighted by Crippen LogP contribution is 2.28. The van der Waals surface area contributed by atoms with Crippen LogP contribution in [-0.4, -0.2) is 33.7 Å². The maximum Gasteiger partial charge on any atom is 0.306 e. The van der Waals surface area contributed by atoms with Crippen LogP contribution in [0.5, 0.6) is 0 Å². The predicted molar refractivity (Wildman–Crippen MR) is 83.0 cm³/mol. The lowest BCUT2D eigenvalue weighted by Gasteiger charge is -2.29. The molecule has 0 bridgehead atoms. The molecule has 21 heavy (non-hydrogen) atoms. The SMILES string of the molecule is CCCCC(C)NC(=O)C(C)(C)CCC(C)(O)CC(=O)O. The lowest BCUT2D eigenvalue weighted by molar-refractivity contribution is -0.142. The van der Waals surface area contributed by atoms with Crippen molar-refractivity contribution >= 4 is 11.9 Å². The Morgan fingerprint density at radius 3 is 2.24 bits per heavy atom. The molecule has 0 aromatic carbocycles. The average Bonchev–Trinajstić information content (AvgIpc) is 2.32. The molecule has 0 radical (unpaired) electrons. The molecule has 0 aromatic heterocycles. The zero-order valence-corrected chi connectivity index (χ0v) is 14.0. The maximum atomic E-state index is 12.3. The molecule has 0 aromatic rings. The van der Waals surface area contributed by atoms with Crippen molar-refractivity contribution in [1.29, 1.82) is 0 Å². The van der Waals surface area contributed by atoms with Gasteiger partial charge < -0.3 is 15.5 Å². The van der Waals surface area contributed by atoms with Gasteiger partial charge in [-0.2, -0.15) is 0 Å². The number of amides is 1. The molecular formula is C16H31NO4. The molecule has 0 fully saturated rings. The molecule has 0 saturated carbocycles. The Labute approximate surface area is 128 Å². The maximum absolute atomic E-state index is 12.3. The smallest absolute Gasteiger partial charge is 0.306 e. The summed E-state index contributed by atoms with van der Waals surface area (Å²) in [6, 6.07) is 0.135. The lowest BCUT2D eigenvalue weighted by Crippen LogP contribution is -2.42. The molecule has 0 spiro atoms. The molecule has 5 heteroatoms. The van der Waals surface area contributed by atoms with E-state index in [1.54, 1.807) is 0 Å². The molecule has 0 saturated heterocycles. The first-order valence-corrected chi connectivity index (χ1v) is 7.75. The van der Waals surface area contributed by atoms with Crippen molar-refractivity contribution in [3.63, 3.8) is 0 Å². The van der Waals surface area contributed by atoms with Gasteiger partial charge in [0.2, 0.25) is 5.91 Å². The summed E-state index contributed by atoms with van der Waals surface area (Å²) in [7, 11) is 0. The van der Waals surface area contributed by atoms with E-state index in [4.69, 9.17) is 5.11 Å². The van der Waals surface area contributed by atoms with Crippen LogP contribution in [0.2, 0.25) is 0 Å². The Morgan fingerprint density at radius 1 is 1.19 bits per heavy atom. The minimum Gasteiger partial charge on any atom is -0.481 e. The molecule has 2 unspecified atom stereocenters. The van der Waals surface area contributed by atoms with Crippen molar-refractivity contribution < 1.29 is 19.8 Å². The number of carboxylic acid groups (broad SMARTS) is 1. The second kappa shape index (κ2) is 8.37. The molecule has 5 nitrogen and oxygen atoms in total. The van der Waals surface area contributed by atoms with Gasteiger partial charge in [0.15, 0.2) is 0 Å². The first-order chi connectivity index (χ1) is 9.50. The Hall–Kier alpha value is -1.10. The largest absolute Gasteiger partial charge is 0.481 e. The average molecular weight is 301 g/mol. The van der Waals surface area contributed by atoms with Crippen LogP contribution in [0.4, 0.5) is 0 Å². The minimum atomic E-state index is -1.28. The van der Waals surface area contributed by atoms with Gasteiger partial charge in [-0.05, 0) is 33.1 Å². The normalized spacial score (nSPS) is 16.1. The van der Waals surface area contributed by atoms with Crippen molar-refractivity contribution in [1.82, 2.24) is 5.32 Å². The van der Waals surface area contributed by atoms with Crippen LogP contribution >= 0.6 is 0 Å². The number of rotatable bonds is 10. The fraction of sp³-hybridized carbons (Fsp3) is 0.875. The van der Waals surface area contributed by atoms with Crippen molar-refractivity contribution in [3.05, 3.63) is 0 Å². The summed E-state index contributed by atoms with van der Waals surface area (Å²) in [5.74, 6) is -1.08. The highest BCUT2D eigenvalue weighted by Gasteiger charge is 2.33. The van der Waals surface area contributed by atoms with Crippen LogP contribution in [0.25, 0.3) is 0 Å². The van der Waals surface area contributed by atoms with Crippen LogP contribution in [0, 0.1) is 5.41 Å². The van der Waals surface area contributed by atoms with Gasteiger partial charge in [-0.3, -0.25) is 9.59 Å². The Bertz CT molecular complexity index is 350. The van der Waals surface area contributed by atoms with E-state index in [1.165, 1.54) is 6.92 Å². The van der Waals surface area contributed by atoms with Gasteiger partial charge in [0.05, 0.1) is 12.0 Å². The van der Waals surface area contributed by atoms with E-state index < -0.39 is 17.0 Å². The van der Waals surface area contributed by atoms with Gasteiger partial charge in [0, 0.05) is 11.5 Å². The number of hydrogen-bond donors (Lipinski definition) is 3. The molecule has 2 atom stereocenters. The van der Waals surface area contributed by atoms with Crippen LogP contribution in [0.15, 0.2) is 0 Å². The van der Waals surface area contributed by atoms with E-state index in [-0.39, 0.29) is 24.8 Å². The summed E-state index contributed by atoms with van der Waals surface area (Å²) >= 11 is 0. The molecule has 0 aliphatic carbocycles. The monoisotopic (exact) mass is 301 g/mol. The number of nitrogens with one attached hydrogen (secondary N) is 1. The molecule has 0 rings (SSSR count). The zero-order chi connectivity index (χ0) is 16.7. The molecule has 0 aliphatic heterocycles. The quantitative estimate of drug-likeness (QED) is 0.579. The number of unbranched alkanes of at least 4 members (excludes halogenated alkanes) is 1. The van der Waals surface area contributed by atoms with E-state index in [0.29, 0.717) is 6.42 Å². The fourth-order valence-electron chi connectivity index (χ4n) is 2.11. The van der Waals surface area contributed by atoms with E-state index in [1.807, 2.05) is 20.8 Å². The number of hydrogen-bond acceptors (Lipinski definition) is 3. The standard InChI is InChI=1S/C16H31NO4/c1-6-7-8-12(2)17-14(20)15(3,4)9-10-16(5,21)11-13(18)19/h12,21H,6-11H2,1-5H3,(H,17,20)(H,18,19). The minimum absolute atomic E-state index is 0.0442. The molecular weight excluding hydrogens is 270 g/mol. The van der Waals surface area contributed by atoms with Gasteiger partial charge in [0.25, 0.3) is 0 Å². The Morgan fingerprint density at radius 2 is 1.76 bits per heavy atom. The van der Waals surface area contributed by atoms with E-state index in [9.17, 15) is 14.7 Å².